The van der Waals surface area contributed by atoms with Gasteiger partial charge in [0.25, 0.3) is 5.91 Å². The zero-order chi connectivity index (χ0) is 24.2. The van der Waals surface area contributed by atoms with E-state index in [1.807, 2.05) is 54.3 Å². The van der Waals surface area contributed by atoms with Crippen LogP contribution in [0.1, 0.15) is 40.4 Å². The summed E-state index contributed by atoms with van der Waals surface area (Å²) in [4.78, 5) is 30.0. The highest BCUT2D eigenvalue weighted by Gasteiger charge is 2.41. The average molecular weight is 478 g/mol. The van der Waals surface area contributed by atoms with Gasteiger partial charge < -0.3 is 24.6 Å². The van der Waals surface area contributed by atoms with Crippen molar-refractivity contribution in [2.45, 2.75) is 31.9 Å². The van der Waals surface area contributed by atoms with Crippen LogP contribution >= 0.6 is 0 Å². The molecule has 0 bridgehead atoms. The fourth-order valence-electron chi connectivity index (χ4n) is 5.65. The monoisotopic (exact) mass is 477 g/mol. The van der Waals surface area contributed by atoms with E-state index in [9.17, 15) is 9.59 Å². The van der Waals surface area contributed by atoms with E-state index < -0.39 is 0 Å². The Morgan fingerprint density at radius 2 is 1.83 bits per heavy atom. The molecule has 0 radical (unpaired) electrons. The lowest BCUT2D eigenvalue weighted by atomic mass is 10.0. The molecule has 35 heavy (non-hydrogen) atoms. The Morgan fingerprint density at radius 1 is 1.06 bits per heavy atom. The van der Waals surface area contributed by atoms with Gasteiger partial charge in [-0.3, -0.25) is 4.79 Å². The number of carbonyl (C=O) groups excluding carboxylic acids is 2. The van der Waals surface area contributed by atoms with E-state index in [1.54, 1.807) is 0 Å². The molecule has 4 atom stereocenters. The Morgan fingerprint density at radius 3 is 2.51 bits per heavy atom. The van der Waals surface area contributed by atoms with Crippen LogP contribution in [-0.2, 0) is 9.47 Å². The van der Waals surface area contributed by atoms with Crippen molar-refractivity contribution in [3.63, 3.8) is 0 Å². The topological polar surface area (TPSA) is 71.1 Å². The molecule has 3 unspecified atom stereocenters. The van der Waals surface area contributed by atoms with Gasteiger partial charge in [-0.1, -0.05) is 48.0 Å². The van der Waals surface area contributed by atoms with Crippen molar-refractivity contribution < 1.29 is 19.1 Å². The molecular weight excluding hydrogens is 442 g/mol. The van der Waals surface area contributed by atoms with Crippen molar-refractivity contribution in [3.05, 3.63) is 71.3 Å². The highest BCUT2D eigenvalue weighted by Crippen LogP contribution is 2.32. The van der Waals surface area contributed by atoms with Gasteiger partial charge in [-0.15, -0.1) is 0 Å². The number of carbonyl (C=O) groups is 2. The average Bonchev–Trinajstić information content (AvgIpc) is 3.59. The quantitative estimate of drug-likeness (QED) is 0.659. The van der Waals surface area contributed by atoms with Crippen molar-refractivity contribution in [2.24, 2.45) is 11.8 Å². The second-order valence-corrected chi connectivity index (χ2v) is 10.1. The molecule has 3 heterocycles. The minimum Gasteiger partial charge on any atom is -0.444 e. The Hall–Kier alpha value is -2.90. The minimum atomic E-state index is -0.377. The fourth-order valence-corrected chi connectivity index (χ4v) is 5.65. The first-order valence-corrected chi connectivity index (χ1v) is 12.7. The number of hydrogen-bond acceptors (Lipinski definition) is 5. The number of nitrogens with one attached hydrogen (secondary N) is 1. The van der Waals surface area contributed by atoms with Gasteiger partial charge in [-0.2, -0.15) is 0 Å². The number of fused-ring (bicyclic) bond motifs is 1. The molecule has 0 aromatic heterocycles. The van der Waals surface area contributed by atoms with Crippen LogP contribution < -0.4 is 5.32 Å². The molecular formula is C28H35N3O4. The maximum atomic E-state index is 13.0. The smallest absolute Gasteiger partial charge is 0.407 e. The number of likely N-dealkylation sites (tertiary alicyclic amines) is 2. The zero-order valence-corrected chi connectivity index (χ0v) is 20.4. The molecule has 7 nitrogen and oxygen atoms in total. The summed E-state index contributed by atoms with van der Waals surface area (Å²) in [6.07, 6.45) is 1.03. The van der Waals surface area contributed by atoms with Crippen LogP contribution in [0.5, 0.6) is 0 Å². The fraction of sp³-hybridized carbons (Fsp3) is 0.500. The molecule has 3 saturated heterocycles. The van der Waals surface area contributed by atoms with E-state index in [1.165, 1.54) is 0 Å². The number of ether oxygens (including phenoxy) is 2. The summed E-state index contributed by atoms with van der Waals surface area (Å²) in [5.41, 5.74) is 2.99. The lowest BCUT2D eigenvalue weighted by Crippen LogP contribution is -2.36. The lowest BCUT2D eigenvalue weighted by molar-refractivity contribution is 0.0773. The number of aryl methyl sites for hydroxylation is 1. The molecule has 186 valence electrons. The molecule has 2 aromatic carbocycles. The van der Waals surface area contributed by atoms with Crippen molar-refractivity contribution in [3.8, 4) is 0 Å². The number of rotatable bonds is 7. The van der Waals surface area contributed by atoms with E-state index in [4.69, 9.17) is 9.47 Å². The van der Waals surface area contributed by atoms with Gasteiger partial charge in [-0.05, 0) is 42.9 Å². The second kappa shape index (κ2) is 10.8. The summed E-state index contributed by atoms with van der Waals surface area (Å²) < 4.78 is 10.9. The first kappa shape index (κ1) is 23.8. The van der Waals surface area contributed by atoms with Crippen molar-refractivity contribution in [2.75, 3.05) is 45.9 Å². The van der Waals surface area contributed by atoms with Crippen LogP contribution in [0.4, 0.5) is 4.79 Å². The molecule has 5 rings (SSSR count). The van der Waals surface area contributed by atoms with Gasteiger partial charge in [0.2, 0.25) is 0 Å². The summed E-state index contributed by atoms with van der Waals surface area (Å²) in [6.45, 7) is 7.67. The molecule has 0 saturated carbocycles. The third-order valence-corrected chi connectivity index (χ3v) is 7.50. The molecule has 3 aliphatic rings. The lowest BCUT2D eigenvalue weighted by Gasteiger charge is -2.25. The third-order valence-electron chi connectivity index (χ3n) is 7.50. The summed E-state index contributed by atoms with van der Waals surface area (Å²) >= 11 is 0. The summed E-state index contributed by atoms with van der Waals surface area (Å²) in [6, 6.07) is 17.9. The van der Waals surface area contributed by atoms with E-state index >= 15 is 0 Å². The summed E-state index contributed by atoms with van der Waals surface area (Å²) in [7, 11) is 0. The largest absolute Gasteiger partial charge is 0.444 e. The first-order valence-electron chi connectivity index (χ1n) is 12.7. The molecule has 0 spiro atoms. The maximum Gasteiger partial charge on any atom is 0.407 e. The molecule has 3 aliphatic heterocycles. The molecule has 7 heteroatoms. The van der Waals surface area contributed by atoms with Gasteiger partial charge in [0, 0.05) is 44.7 Å². The number of alkyl carbamates (subject to hydrolysis) is 1. The van der Waals surface area contributed by atoms with E-state index in [2.05, 4.69) is 22.3 Å². The van der Waals surface area contributed by atoms with Gasteiger partial charge >= 0.3 is 6.09 Å². The molecule has 0 aliphatic carbocycles. The van der Waals surface area contributed by atoms with Gasteiger partial charge in [0.05, 0.1) is 19.3 Å². The highest BCUT2D eigenvalue weighted by molar-refractivity contribution is 5.94. The summed E-state index contributed by atoms with van der Waals surface area (Å²) in [5.74, 6) is 1.17. The number of nitrogens with zero attached hydrogens (tertiary/aromatic N) is 2. The SMILES string of the molecule is Cc1cccc(C(=O)N2CC3CN(CCC(NC(=O)OC4CCOC4)c4ccccc4)C[C@H]3C2)c1. The van der Waals surface area contributed by atoms with E-state index in [0.717, 1.165) is 62.3 Å². The Kier molecular flexibility index (Phi) is 7.35. The summed E-state index contributed by atoms with van der Waals surface area (Å²) in [5, 5.41) is 3.08. The van der Waals surface area contributed by atoms with Crippen molar-refractivity contribution in [1.29, 1.82) is 0 Å². The minimum absolute atomic E-state index is 0.106. The van der Waals surface area contributed by atoms with Crippen LogP contribution in [0.15, 0.2) is 54.6 Å². The second-order valence-electron chi connectivity index (χ2n) is 10.1. The van der Waals surface area contributed by atoms with Crippen LogP contribution in [0.3, 0.4) is 0 Å². The standard InChI is InChI=1S/C28H35N3O4/c1-20-6-5-9-22(14-20)27(32)31-17-23-15-30(16-24(23)18-31)12-10-26(21-7-3-2-4-8-21)29-28(33)35-25-11-13-34-19-25/h2-9,14,23-26H,10-13,15-19H2,1H3,(H,29,33)/t23-,24?,25?,26?/m0/s1. The number of hydrogen-bond donors (Lipinski definition) is 1. The molecule has 2 amide bonds. The Labute approximate surface area is 207 Å². The molecule has 2 aromatic rings. The van der Waals surface area contributed by atoms with Crippen molar-refractivity contribution in [1.82, 2.24) is 15.1 Å². The van der Waals surface area contributed by atoms with Gasteiger partial charge in [-0.25, -0.2) is 4.79 Å². The number of benzene rings is 2. The van der Waals surface area contributed by atoms with Crippen LogP contribution in [0, 0.1) is 18.8 Å². The van der Waals surface area contributed by atoms with Crippen LogP contribution in [0.25, 0.3) is 0 Å². The van der Waals surface area contributed by atoms with E-state index in [-0.39, 0.29) is 24.1 Å². The normalized spacial score (nSPS) is 24.8. The zero-order valence-electron chi connectivity index (χ0n) is 20.4. The van der Waals surface area contributed by atoms with Crippen LogP contribution in [-0.4, -0.2) is 73.8 Å². The Bertz CT molecular complexity index is 1010. The molecule has 3 fully saturated rings. The Balaban J connectivity index is 1.14. The number of amides is 2. The predicted molar refractivity (Wildman–Crippen MR) is 133 cm³/mol. The van der Waals surface area contributed by atoms with Gasteiger partial charge in [0.1, 0.15) is 6.10 Å². The predicted octanol–water partition coefficient (Wildman–Crippen LogP) is 3.65. The first-order chi connectivity index (χ1) is 17.0. The third kappa shape index (κ3) is 5.85. The van der Waals surface area contributed by atoms with Crippen molar-refractivity contribution >= 4 is 12.0 Å². The van der Waals surface area contributed by atoms with Gasteiger partial charge in [0.15, 0.2) is 0 Å². The maximum absolute atomic E-state index is 13.0. The highest BCUT2D eigenvalue weighted by atomic mass is 16.6. The van der Waals surface area contributed by atoms with Crippen LogP contribution in [0.2, 0.25) is 0 Å². The van der Waals surface area contributed by atoms with E-state index in [0.29, 0.717) is 25.0 Å². The molecule has 1 N–H and O–H groups in total.